The molecule has 2 aromatic rings. The van der Waals surface area contributed by atoms with Crippen LogP contribution >= 0.6 is 31.5 Å². The van der Waals surface area contributed by atoms with Gasteiger partial charge in [-0.15, -0.1) is 9.05 Å². The zero-order valence-electron chi connectivity index (χ0n) is 16.2. The van der Waals surface area contributed by atoms with Crippen LogP contribution in [-0.2, 0) is 13.6 Å². The van der Waals surface area contributed by atoms with Crippen molar-refractivity contribution in [1.29, 1.82) is 0 Å². The van der Waals surface area contributed by atoms with Crippen LogP contribution in [0.25, 0.3) is 0 Å². The van der Waals surface area contributed by atoms with Crippen molar-refractivity contribution in [1.82, 2.24) is 0 Å². The quantitative estimate of drug-likeness (QED) is 0.246. The molecule has 0 fully saturated rings. The maximum atomic E-state index is 10.9. The van der Waals surface area contributed by atoms with Gasteiger partial charge < -0.3 is 10.1 Å². The first-order chi connectivity index (χ1) is 13.8. The topological polar surface area (TPSA) is 99.9 Å². The minimum absolute atomic E-state index is 0.00796. The van der Waals surface area contributed by atoms with Gasteiger partial charge in [0.05, 0.1) is 9.95 Å². The SMILES string of the molecule is CCNc1cc(Oc2ccc(Cl)cc2Cl)ccc1[N+](=O)[O-].CCO[P+](=O)OCC. The number of nitrogens with one attached hydrogen (secondary N) is 1. The lowest BCUT2D eigenvalue weighted by Gasteiger charge is -2.10. The molecule has 0 unspecified atom stereocenters. The van der Waals surface area contributed by atoms with Crippen LogP contribution in [0, 0.1) is 10.1 Å². The smallest absolute Gasteiger partial charge is 0.456 e. The summed E-state index contributed by atoms with van der Waals surface area (Å²) in [5, 5.41) is 14.7. The van der Waals surface area contributed by atoms with Crippen molar-refractivity contribution in [3.05, 3.63) is 56.6 Å². The number of rotatable bonds is 9. The Bertz CT molecular complexity index is 830. The van der Waals surface area contributed by atoms with Gasteiger partial charge in [0.1, 0.15) is 30.4 Å². The summed E-state index contributed by atoms with van der Waals surface area (Å²) in [6.45, 7) is 6.84. The molecule has 0 saturated carbocycles. The molecule has 2 aromatic carbocycles. The molecule has 0 heterocycles. The number of benzene rings is 2. The van der Waals surface area contributed by atoms with E-state index in [1.807, 2.05) is 6.92 Å². The molecule has 0 saturated heterocycles. The number of hydrogen-bond acceptors (Lipinski definition) is 7. The molecular weight excluding hydrogens is 442 g/mol. The van der Waals surface area contributed by atoms with Crippen LogP contribution in [0.5, 0.6) is 11.5 Å². The van der Waals surface area contributed by atoms with Gasteiger partial charge >= 0.3 is 8.25 Å². The Hall–Kier alpha value is -1.96. The molecule has 1 N–H and O–H groups in total. The van der Waals surface area contributed by atoms with E-state index in [9.17, 15) is 14.7 Å². The number of anilines is 1. The van der Waals surface area contributed by atoms with Gasteiger partial charge in [0, 0.05) is 28.3 Å². The zero-order valence-corrected chi connectivity index (χ0v) is 18.6. The number of hydrogen-bond donors (Lipinski definition) is 1. The predicted molar refractivity (Wildman–Crippen MR) is 115 cm³/mol. The largest absolute Gasteiger partial charge is 0.697 e. The van der Waals surface area contributed by atoms with Crippen molar-refractivity contribution in [2.75, 3.05) is 25.1 Å². The van der Waals surface area contributed by atoms with Crippen LogP contribution < -0.4 is 10.1 Å². The Morgan fingerprint density at radius 1 is 1.07 bits per heavy atom. The summed E-state index contributed by atoms with van der Waals surface area (Å²) in [4.78, 5) is 10.5. The van der Waals surface area contributed by atoms with Crippen LogP contribution in [0.15, 0.2) is 36.4 Å². The van der Waals surface area contributed by atoms with Gasteiger partial charge in [-0.1, -0.05) is 23.2 Å². The lowest BCUT2D eigenvalue weighted by atomic mass is 10.2. The third-order valence-electron chi connectivity index (χ3n) is 3.12. The van der Waals surface area contributed by atoms with E-state index in [4.69, 9.17) is 27.9 Å². The van der Waals surface area contributed by atoms with Crippen LogP contribution in [0.4, 0.5) is 11.4 Å². The van der Waals surface area contributed by atoms with E-state index < -0.39 is 13.2 Å². The normalized spacial score (nSPS) is 9.97. The fourth-order valence-electron chi connectivity index (χ4n) is 2.00. The van der Waals surface area contributed by atoms with Gasteiger partial charge in [-0.3, -0.25) is 10.1 Å². The third-order valence-corrected chi connectivity index (χ3v) is 4.59. The summed E-state index contributed by atoms with van der Waals surface area (Å²) in [7, 11) is -1.83. The maximum absolute atomic E-state index is 10.9. The summed E-state index contributed by atoms with van der Waals surface area (Å²) in [6.07, 6.45) is 0. The van der Waals surface area contributed by atoms with E-state index in [-0.39, 0.29) is 5.69 Å². The summed E-state index contributed by atoms with van der Waals surface area (Å²) in [6, 6.07) is 9.32. The first kappa shape index (κ1) is 25.1. The van der Waals surface area contributed by atoms with Crippen LogP contribution in [0.1, 0.15) is 20.8 Å². The second-order valence-electron chi connectivity index (χ2n) is 5.20. The summed E-state index contributed by atoms with van der Waals surface area (Å²) < 4.78 is 25.1. The second kappa shape index (κ2) is 13.3. The molecule has 0 aliphatic heterocycles. The molecule has 0 amide bonds. The zero-order chi connectivity index (χ0) is 21.8. The molecule has 29 heavy (non-hydrogen) atoms. The second-order valence-corrected chi connectivity index (χ2v) is 7.01. The van der Waals surface area contributed by atoms with Crippen LogP contribution in [-0.4, -0.2) is 24.7 Å². The van der Waals surface area contributed by atoms with Crippen LogP contribution in [0.3, 0.4) is 0 Å². The highest BCUT2D eigenvalue weighted by molar-refractivity contribution is 7.33. The molecule has 8 nitrogen and oxygen atoms in total. The molecule has 11 heteroatoms. The van der Waals surface area contributed by atoms with Gasteiger partial charge in [0.15, 0.2) is 0 Å². The van der Waals surface area contributed by atoms with Gasteiger partial charge in [0.2, 0.25) is 0 Å². The Kier molecular flexibility index (Phi) is 11.5. The Labute approximate surface area is 180 Å². The number of nitro benzene ring substituents is 1. The minimum atomic E-state index is -1.83. The van der Waals surface area contributed by atoms with Gasteiger partial charge in [-0.05, 0) is 45.0 Å². The molecule has 2 rings (SSSR count). The van der Waals surface area contributed by atoms with E-state index in [2.05, 4.69) is 14.4 Å². The standard InChI is InChI=1S/C14H12Cl2N2O3.C4H10O3P/c1-2-17-12-8-10(4-5-13(12)18(19)20)21-14-6-3-9(15)7-11(14)16;1-3-6-8(5)7-4-2/h3-8,17H,2H2,1H3;3-4H2,1-2H3/q;+1. The highest BCUT2D eigenvalue weighted by Crippen LogP contribution is 2.35. The van der Waals surface area contributed by atoms with Crippen molar-refractivity contribution >= 4 is 42.8 Å². The third kappa shape index (κ3) is 8.94. The number of nitro groups is 1. The van der Waals surface area contributed by atoms with E-state index in [1.54, 1.807) is 38.1 Å². The van der Waals surface area contributed by atoms with Gasteiger partial charge in [-0.2, -0.15) is 0 Å². The van der Waals surface area contributed by atoms with E-state index in [1.165, 1.54) is 12.1 Å². The van der Waals surface area contributed by atoms with Gasteiger partial charge in [0.25, 0.3) is 5.69 Å². The lowest BCUT2D eigenvalue weighted by molar-refractivity contribution is -0.384. The molecule has 0 radical (unpaired) electrons. The van der Waals surface area contributed by atoms with Crippen molar-refractivity contribution in [2.45, 2.75) is 20.8 Å². The molecule has 0 aromatic heterocycles. The fourth-order valence-corrected chi connectivity index (χ4v) is 2.95. The monoisotopic (exact) mass is 463 g/mol. The molecule has 0 atom stereocenters. The molecule has 0 aliphatic rings. The Morgan fingerprint density at radius 2 is 1.72 bits per heavy atom. The molecule has 0 spiro atoms. The van der Waals surface area contributed by atoms with E-state index >= 15 is 0 Å². The molecule has 158 valence electrons. The minimum Gasteiger partial charge on any atom is -0.456 e. The Morgan fingerprint density at radius 3 is 2.24 bits per heavy atom. The maximum Gasteiger partial charge on any atom is 0.697 e. The predicted octanol–water partition coefficient (Wildman–Crippen LogP) is 6.84. The molecular formula is C18H22Cl2N2O6P+. The highest BCUT2D eigenvalue weighted by Gasteiger charge is 2.16. The highest BCUT2D eigenvalue weighted by atomic mass is 35.5. The average Bonchev–Trinajstić information content (AvgIpc) is 2.65. The number of halogens is 2. The van der Waals surface area contributed by atoms with Gasteiger partial charge in [-0.25, -0.2) is 0 Å². The summed E-state index contributed by atoms with van der Waals surface area (Å²) in [5.41, 5.74) is 0.386. The van der Waals surface area contributed by atoms with Crippen molar-refractivity contribution in [3.8, 4) is 11.5 Å². The first-order valence-electron chi connectivity index (χ1n) is 8.70. The number of ether oxygens (including phenoxy) is 1. The van der Waals surface area contributed by atoms with Crippen LogP contribution in [0.2, 0.25) is 10.0 Å². The number of nitrogens with zero attached hydrogens (tertiary/aromatic N) is 1. The van der Waals surface area contributed by atoms with Crippen molar-refractivity contribution in [3.63, 3.8) is 0 Å². The molecule has 0 aliphatic carbocycles. The summed E-state index contributed by atoms with van der Waals surface area (Å²) in [5.74, 6) is 0.873. The van der Waals surface area contributed by atoms with Crippen molar-refractivity contribution < 1.29 is 23.3 Å². The average molecular weight is 464 g/mol. The first-order valence-corrected chi connectivity index (χ1v) is 10.6. The molecule has 0 bridgehead atoms. The Balaban J connectivity index is 0.000000447. The lowest BCUT2D eigenvalue weighted by Crippen LogP contribution is -2.01. The summed E-state index contributed by atoms with van der Waals surface area (Å²) >= 11 is 11.8. The van der Waals surface area contributed by atoms with Crippen molar-refractivity contribution in [2.24, 2.45) is 0 Å². The van der Waals surface area contributed by atoms with E-state index in [0.29, 0.717) is 47.0 Å². The fraction of sp³-hybridized carbons (Fsp3) is 0.333. The van der Waals surface area contributed by atoms with E-state index in [0.717, 1.165) is 0 Å².